The summed E-state index contributed by atoms with van der Waals surface area (Å²) in [4.78, 5) is 12.0. The minimum atomic E-state index is -0.360. The Kier molecular flexibility index (Phi) is 3.75. The van der Waals surface area contributed by atoms with Crippen LogP contribution in [0.4, 0.5) is 0 Å². The molecular formula is C19H22N2O. The summed E-state index contributed by atoms with van der Waals surface area (Å²) in [6, 6.07) is 12.9. The lowest BCUT2D eigenvalue weighted by atomic mass is 9.92. The maximum absolute atomic E-state index is 12.0. The number of amides is 1. The third kappa shape index (κ3) is 2.64. The number of benzene rings is 2. The van der Waals surface area contributed by atoms with Gasteiger partial charge in [0.25, 0.3) is 5.91 Å². The van der Waals surface area contributed by atoms with Gasteiger partial charge >= 0.3 is 0 Å². The van der Waals surface area contributed by atoms with E-state index >= 15 is 0 Å². The van der Waals surface area contributed by atoms with Crippen LogP contribution in [0.15, 0.2) is 42.0 Å². The molecule has 0 bridgehead atoms. The number of nitrogens with one attached hydrogen (secondary N) is 2. The van der Waals surface area contributed by atoms with Gasteiger partial charge < -0.3 is 0 Å². The van der Waals surface area contributed by atoms with Gasteiger partial charge in [0, 0.05) is 5.57 Å². The Labute approximate surface area is 131 Å². The standard InChI is InChI=1S/C19H22N2O/c1-4-6-13-9-10-16-14(11-13)7-5-8-15(16)12-17-18(22)20-21-19(17,2)3/h5,7-12,21H,4,6H2,1-3H3,(H,20,22)/b17-12+. The van der Waals surface area contributed by atoms with Gasteiger partial charge in [0.1, 0.15) is 0 Å². The van der Waals surface area contributed by atoms with Crippen LogP contribution in [0.2, 0.25) is 0 Å². The van der Waals surface area contributed by atoms with E-state index in [1.165, 1.54) is 16.3 Å². The highest BCUT2D eigenvalue weighted by atomic mass is 16.2. The zero-order valence-electron chi connectivity index (χ0n) is 13.4. The molecule has 0 spiro atoms. The van der Waals surface area contributed by atoms with Gasteiger partial charge in [0.2, 0.25) is 0 Å². The second-order valence-corrected chi connectivity index (χ2v) is 6.41. The Bertz CT molecular complexity index is 759. The van der Waals surface area contributed by atoms with Gasteiger partial charge in [-0.05, 0) is 48.2 Å². The molecule has 1 amide bonds. The molecule has 0 atom stereocenters. The zero-order chi connectivity index (χ0) is 15.7. The predicted molar refractivity (Wildman–Crippen MR) is 91.3 cm³/mol. The molecule has 3 heteroatoms. The monoisotopic (exact) mass is 294 g/mol. The van der Waals surface area contributed by atoms with Gasteiger partial charge in [0.05, 0.1) is 5.54 Å². The molecule has 1 aliphatic heterocycles. The van der Waals surface area contributed by atoms with Crippen LogP contribution < -0.4 is 10.9 Å². The number of aryl methyl sites for hydroxylation is 1. The summed E-state index contributed by atoms with van der Waals surface area (Å²) in [5.41, 5.74) is 8.57. The summed E-state index contributed by atoms with van der Waals surface area (Å²) in [7, 11) is 0. The SMILES string of the molecule is CCCc1ccc2c(/C=C3\C(=O)NNC3(C)C)cccc2c1. The summed E-state index contributed by atoms with van der Waals surface area (Å²) < 4.78 is 0. The van der Waals surface area contributed by atoms with E-state index in [1.807, 2.05) is 19.9 Å². The first kappa shape index (κ1) is 14.8. The van der Waals surface area contributed by atoms with Crippen molar-refractivity contribution in [3.05, 3.63) is 53.1 Å². The van der Waals surface area contributed by atoms with Crippen molar-refractivity contribution < 1.29 is 4.79 Å². The fourth-order valence-corrected chi connectivity index (χ4v) is 2.96. The molecule has 0 radical (unpaired) electrons. The van der Waals surface area contributed by atoms with Crippen LogP contribution in [0.1, 0.15) is 38.3 Å². The molecule has 0 saturated carbocycles. The minimum Gasteiger partial charge on any atom is -0.287 e. The molecule has 1 saturated heterocycles. The molecule has 1 aliphatic rings. The summed E-state index contributed by atoms with van der Waals surface area (Å²) >= 11 is 0. The van der Waals surface area contributed by atoms with Gasteiger partial charge in [-0.1, -0.05) is 49.7 Å². The number of carbonyl (C=O) groups is 1. The van der Waals surface area contributed by atoms with Crippen molar-refractivity contribution in [1.29, 1.82) is 0 Å². The van der Waals surface area contributed by atoms with Crippen molar-refractivity contribution in [2.75, 3.05) is 0 Å². The Balaban J connectivity index is 2.10. The van der Waals surface area contributed by atoms with Crippen LogP contribution in [-0.2, 0) is 11.2 Å². The lowest BCUT2D eigenvalue weighted by Gasteiger charge is -2.17. The first-order valence-corrected chi connectivity index (χ1v) is 7.82. The van der Waals surface area contributed by atoms with Gasteiger partial charge in [-0.15, -0.1) is 0 Å². The van der Waals surface area contributed by atoms with Crippen LogP contribution in [0.3, 0.4) is 0 Å². The predicted octanol–water partition coefficient (Wildman–Crippen LogP) is 3.59. The van der Waals surface area contributed by atoms with E-state index < -0.39 is 0 Å². The Hall–Kier alpha value is -2.13. The van der Waals surface area contributed by atoms with Crippen molar-refractivity contribution in [3.8, 4) is 0 Å². The fourth-order valence-electron chi connectivity index (χ4n) is 2.96. The molecule has 0 aromatic heterocycles. The molecule has 3 rings (SSSR count). The summed E-state index contributed by atoms with van der Waals surface area (Å²) in [5, 5.41) is 2.41. The highest BCUT2D eigenvalue weighted by Crippen LogP contribution is 2.27. The Morgan fingerprint density at radius 1 is 1.18 bits per heavy atom. The highest BCUT2D eigenvalue weighted by molar-refractivity contribution is 6.04. The van der Waals surface area contributed by atoms with Crippen LogP contribution in [0, 0.1) is 0 Å². The molecule has 1 fully saturated rings. The third-order valence-corrected chi connectivity index (χ3v) is 4.22. The first-order chi connectivity index (χ1) is 10.5. The molecule has 2 aromatic carbocycles. The molecule has 1 heterocycles. The second kappa shape index (κ2) is 5.58. The van der Waals surface area contributed by atoms with Crippen molar-refractivity contribution in [2.24, 2.45) is 0 Å². The normalized spacial score (nSPS) is 18.9. The number of hydrazine groups is 1. The highest BCUT2D eigenvalue weighted by Gasteiger charge is 2.34. The van der Waals surface area contributed by atoms with Gasteiger partial charge in [-0.25, -0.2) is 5.43 Å². The minimum absolute atomic E-state index is 0.0513. The van der Waals surface area contributed by atoms with Crippen molar-refractivity contribution >= 4 is 22.8 Å². The summed E-state index contributed by atoms with van der Waals surface area (Å²) in [6.07, 6.45) is 4.24. The van der Waals surface area contributed by atoms with E-state index in [1.54, 1.807) is 0 Å². The molecule has 0 aliphatic carbocycles. The zero-order valence-corrected chi connectivity index (χ0v) is 13.4. The molecule has 3 nitrogen and oxygen atoms in total. The largest absolute Gasteiger partial charge is 0.287 e. The van der Waals surface area contributed by atoms with E-state index in [0.29, 0.717) is 0 Å². The summed E-state index contributed by atoms with van der Waals surface area (Å²) in [6.45, 7) is 6.20. The van der Waals surface area contributed by atoms with Crippen LogP contribution in [0.5, 0.6) is 0 Å². The Morgan fingerprint density at radius 2 is 2.00 bits per heavy atom. The molecule has 22 heavy (non-hydrogen) atoms. The lowest BCUT2D eigenvalue weighted by Crippen LogP contribution is -2.38. The number of hydrogen-bond acceptors (Lipinski definition) is 2. The lowest BCUT2D eigenvalue weighted by molar-refractivity contribution is -0.116. The molecule has 2 N–H and O–H groups in total. The number of carbonyl (C=O) groups excluding carboxylic acids is 1. The van der Waals surface area contributed by atoms with Gasteiger partial charge in [-0.3, -0.25) is 10.2 Å². The van der Waals surface area contributed by atoms with Crippen molar-refractivity contribution in [3.63, 3.8) is 0 Å². The van der Waals surface area contributed by atoms with Crippen LogP contribution in [0.25, 0.3) is 16.8 Å². The fraction of sp³-hybridized carbons (Fsp3) is 0.316. The quantitative estimate of drug-likeness (QED) is 0.849. The van der Waals surface area contributed by atoms with E-state index in [2.05, 4.69) is 54.2 Å². The number of hydrogen-bond donors (Lipinski definition) is 2. The molecule has 114 valence electrons. The number of rotatable bonds is 3. The van der Waals surface area contributed by atoms with E-state index in [9.17, 15) is 4.79 Å². The maximum Gasteiger partial charge on any atom is 0.263 e. The topological polar surface area (TPSA) is 41.1 Å². The van der Waals surface area contributed by atoms with E-state index in [4.69, 9.17) is 0 Å². The molecular weight excluding hydrogens is 272 g/mol. The van der Waals surface area contributed by atoms with Gasteiger partial charge in [0.15, 0.2) is 0 Å². The van der Waals surface area contributed by atoms with E-state index in [-0.39, 0.29) is 11.4 Å². The first-order valence-electron chi connectivity index (χ1n) is 7.82. The van der Waals surface area contributed by atoms with E-state index in [0.717, 1.165) is 24.0 Å². The average Bonchev–Trinajstić information content (AvgIpc) is 2.74. The summed E-state index contributed by atoms with van der Waals surface area (Å²) in [5.74, 6) is -0.0513. The maximum atomic E-state index is 12.0. The third-order valence-electron chi connectivity index (χ3n) is 4.22. The van der Waals surface area contributed by atoms with Crippen LogP contribution >= 0.6 is 0 Å². The van der Waals surface area contributed by atoms with Crippen molar-refractivity contribution in [1.82, 2.24) is 10.9 Å². The van der Waals surface area contributed by atoms with Gasteiger partial charge in [-0.2, -0.15) is 0 Å². The smallest absolute Gasteiger partial charge is 0.263 e. The molecule has 0 unspecified atom stereocenters. The average molecular weight is 294 g/mol. The Morgan fingerprint density at radius 3 is 2.68 bits per heavy atom. The van der Waals surface area contributed by atoms with Crippen molar-refractivity contribution in [2.45, 2.75) is 39.2 Å². The second-order valence-electron chi connectivity index (χ2n) is 6.41. The number of fused-ring (bicyclic) bond motifs is 1. The molecule has 2 aromatic rings. The van der Waals surface area contributed by atoms with Crippen LogP contribution in [-0.4, -0.2) is 11.4 Å².